The second kappa shape index (κ2) is 8.32. The largest absolute Gasteiger partial charge is 0.543 e. The van der Waals surface area contributed by atoms with Crippen molar-refractivity contribution in [3.8, 4) is 0 Å². The van der Waals surface area contributed by atoms with Gasteiger partial charge in [0.25, 0.3) is 0 Å². The van der Waals surface area contributed by atoms with Crippen molar-refractivity contribution in [2.75, 3.05) is 0 Å². The summed E-state index contributed by atoms with van der Waals surface area (Å²) < 4.78 is 6.43. The maximum atomic E-state index is 12.3. The number of carbonyl (C=O) groups excluding carboxylic acids is 1. The number of rotatable bonds is 8. The Bertz CT molecular complexity index is 478. The molecular weight excluding hydrogens is 300 g/mol. The van der Waals surface area contributed by atoms with E-state index in [2.05, 4.69) is 47.7 Å². The summed E-state index contributed by atoms with van der Waals surface area (Å²) in [6, 6.07) is 0. The Balaban J connectivity index is 2.77. The van der Waals surface area contributed by atoms with Gasteiger partial charge in [0.2, 0.25) is 8.32 Å². The molecule has 0 aromatic carbocycles. The minimum Gasteiger partial charge on any atom is -0.543 e. The van der Waals surface area contributed by atoms with Crippen LogP contribution in [0.4, 0.5) is 0 Å². The Kier molecular flexibility index (Phi) is 7.31. The van der Waals surface area contributed by atoms with E-state index in [1.807, 2.05) is 6.08 Å². The zero-order valence-electron chi connectivity index (χ0n) is 16.3. The number of ketones is 1. The number of hydrogen-bond donors (Lipinski definition) is 0. The molecule has 0 radical (unpaired) electrons. The first-order chi connectivity index (χ1) is 10.6. The molecule has 0 aromatic heterocycles. The normalized spacial score (nSPS) is 18.2. The highest BCUT2D eigenvalue weighted by Gasteiger charge is 2.41. The summed E-state index contributed by atoms with van der Waals surface area (Å²) >= 11 is 0. The molecule has 0 saturated heterocycles. The van der Waals surface area contributed by atoms with E-state index in [0.29, 0.717) is 6.42 Å². The third-order valence-electron chi connectivity index (χ3n) is 5.25. The summed E-state index contributed by atoms with van der Waals surface area (Å²) in [5.41, 5.74) is 2.10. The lowest BCUT2D eigenvalue weighted by Crippen LogP contribution is -2.40. The van der Waals surface area contributed by atoms with Crippen molar-refractivity contribution in [2.24, 2.45) is 0 Å². The fraction of sp³-hybridized carbons (Fsp3) is 0.750. The van der Waals surface area contributed by atoms with Gasteiger partial charge in [0.15, 0.2) is 5.78 Å². The van der Waals surface area contributed by atoms with Crippen LogP contribution in [0.15, 0.2) is 23.0 Å². The molecule has 0 unspecified atom stereocenters. The Morgan fingerprint density at radius 2 is 1.78 bits per heavy atom. The molecule has 0 saturated carbocycles. The molecule has 0 aromatic rings. The van der Waals surface area contributed by atoms with Gasteiger partial charge in [-0.1, -0.05) is 59.0 Å². The van der Waals surface area contributed by atoms with Gasteiger partial charge < -0.3 is 4.43 Å². The van der Waals surface area contributed by atoms with Crippen LogP contribution in [-0.4, -0.2) is 14.1 Å². The van der Waals surface area contributed by atoms with Crippen molar-refractivity contribution in [1.29, 1.82) is 0 Å². The molecule has 0 bridgehead atoms. The van der Waals surface area contributed by atoms with E-state index in [0.717, 1.165) is 17.8 Å². The van der Waals surface area contributed by atoms with E-state index in [-0.39, 0.29) is 10.8 Å². The van der Waals surface area contributed by atoms with E-state index in [1.54, 1.807) is 0 Å². The summed E-state index contributed by atoms with van der Waals surface area (Å²) in [6.45, 7) is 15.5. The summed E-state index contributed by atoms with van der Waals surface area (Å²) in [4.78, 5) is 12.3. The zero-order chi connectivity index (χ0) is 17.7. The number of hydrogen-bond acceptors (Lipinski definition) is 2. The molecular formula is C20H36O2Si. The predicted octanol–water partition coefficient (Wildman–Crippen LogP) is 6.54. The number of carbonyl (C=O) groups is 1. The molecule has 0 spiro atoms. The minimum absolute atomic E-state index is 0.151. The van der Waals surface area contributed by atoms with Crippen molar-refractivity contribution in [3.63, 3.8) is 0 Å². The summed E-state index contributed by atoms with van der Waals surface area (Å²) in [5, 5.41) is 0.151. The van der Waals surface area contributed by atoms with Gasteiger partial charge in [-0.2, -0.15) is 0 Å². The quantitative estimate of drug-likeness (QED) is 0.286. The maximum absolute atomic E-state index is 12.3. The first-order valence-electron chi connectivity index (χ1n) is 9.22. The van der Waals surface area contributed by atoms with Crippen LogP contribution in [0, 0.1) is 0 Å². The molecule has 0 heterocycles. The van der Waals surface area contributed by atoms with E-state index in [1.165, 1.54) is 37.7 Å². The van der Waals surface area contributed by atoms with Crippen LogP contribution < -0.4 is 0 Å². The van der Waals surface area contributed by atoms with Gasteiger partial charge >= 0.3 is 0 Å². The Hall–Kier alpha value is -0.833. The summed E-state index contributed by atoms with van der Waals surface area (Å²) in [5.74, 6) is 1.11. The molecule has 0 atom stereocenters. The number of Topliss-reactive ketones (excluding diaryl/α,β-unsaturated/α-hetero) is 1. The van der Waals surface area contributed by atoms with Crippen molar-refractivity contribution in [3.05, 3.63) is 23.0 Å². The standard InChI is InChI=1S/C20H36O2Si/c1-8-9-10-11-12-13-16(2)19-17(21)14-15-18(19)22-23(6,7)20(3,4)5/h15H,8-14H2,1-7H3. The van der Waals surface area contributed by atoms with Crippen molar-refractivity contribution in [1.82, 2.24) is 0 Å². The topological polar surface area (TPSA) is 26.3 Å². The van der Waals surface area contributed by atoms with E-state index < -0.39 is 8.32 Å². The van der Waals surface area contributed by atoms with Crippen LogP contribution in [0.1, 0.15) is 79.6 Å². The SMILES string of the molecule is CCCCCCCC(C)=C1C(=O)CC=C1O[Si](C)(C)C(C)(C)C. The third kappa shape index (κ3) is 5.63. The van der Waals surface area contributed by atoms with Crippen LogP contribution in [0.2, 0.25) is 18.1 Å². The summed E-state index contributed by atoms with van der Waals surface area (Å²) in [6.07, 6.45) is 9.84. The number of unbranched alkanes of at least 4 members (excludes halogenated alkanes) is 4. The van der Waals surface area contributed by atoms with Crippen LogP contribution >= 0.6 is 0 Å². The van der Waals surface area contributed by atoms with E-state index in [9.17, 15) is 4.79 Å². The van der Waals surface area contributed by atoms with E-state index >= 15 is 0 Å². The van der Waals surface area contributed by atoms with Gasteiger partial charge in [-0.3, -0.25) is 4.79 Å². The molecule has 23 heavy (non-hydrogen) atoms. The highest BCUT2D eigenvalue weighted by Crippen LogP contribution is 2.40. The Morgan fingerprint density at radius 3 is 2.35 bits per heavy atom. The molecule has 0 N–H and O–H groups in total. The van der Waals surface area contributed by atoms with Gasteiger partial charge in [0, 0.05) is 6.42 Å². The molecule has 2 nitrogen and oxygen atoms in total. The molecule has 3 heteroatoms. The molecule has 1 aliphatic rings. The Labute approximate surface area is 144 Å². The lowest BCUT2D eigenvalue weighted by molar-refractivity contribution is -0.114. The maximum Gasteiger partial charge on any atom is 0.250 e. The van der Waals surface area contributed by atoms with Gasteiger partial charge in [0.1, 0.15) is 5.76 Å². The lowest BCUT2D eigenvalue weighted by atomic mass is 10.0. The van der Waals surface area contributed by atoms with Crippen LogP contribution in [-0.2, 0) is 9.22 Å². The fourth-order valence-corrected chi connectivity index (χ4v) is 3.66. The van der Waals surface area contributed by atoms with Crippen molar-refractivity contribution >= 4 is 14.1 Å². The third-order valence-corrected chi connectivity index (χ3v) is 9.59. The number of allylic oxidation sites excluding steroid dienone is 3. The zero-order valence-corrected chi connectivity index (χ0v) is 17.3. The van der Waals surface area contributed by atoms with Crippen molar-refractivity contribution < 1.29 is 9.22 Å². The monoisotopic (exact) mass is 336 g/mol. The fourth-order valence-electron chi connectivity index (χ4n) is 2.61. The molecule has 0 amide bonds. The van der Waals surface area contributed by atoms with Crippen LogP contribution in [0.25, 0.3) is 0 Å². The van der Waals surface area contributed by atoms with Crippen LogP contribution in [0.5, 0.6) is 0 Å². The molecule has 1 rings (SSSR count). The second-order valence-electron chi connectivity index (χ2n) is 8.38. The van der Waals surface area contributed by atoms with Crippen molar-refractivity contribution in [2.45, 2.75) is 97.7 Å². The average molecular weight is 337 g/mol. The van der Waals surface area contributed by atoms with Gasteiger partial charge in [-0.05, 0) is 44.0 Å². The average Bonchev–Trinajstić information content (AvgIpc) is 2.77. The minimum atomic E-state index is -1.89. The first kappa shape index (κ1) is 20.2. The van der Waals surface area contributed by atoms with Gasteiger partial charge in [0.05, 0.1) is 5.57 Å². The highest BCUT2D eigenvalue weighted by atomic mass is 28.4. The van der Waals surface area contributed by atoms with Gasteiger partial charge in [-0.25, -0.2) is 0 Å². The smallest absolute Gasteiger partial charge is 0.250 e. The molecule has 0 fully saturated rings. The highest BCUT2D eigenvalue weighted by molar-refractivity contribution is 6.74. The summed E-state index contributed by atoms with van der Waals surface area (Å²) in [7, 11) is -1.89. The second-order valence-corrected chi connectivity index (χ2v) is 13.1. The van der Waals surface area contributed by atoms with Crippen LogP contribution in [0.3, 0.4) is 0 Å². The van der Waals surface area contributed by atoms with E-state index in [4.69, 9.17) is 4.43 Å². The van der Waals surface area contributed by atoms with Gasteiger partial charge in [-0.15, -0.1) is 0 Å². The first-order valence-corrected chi connectivity index (χ1v) is 12.1. The Morgan fingerprint density at radius 1 is 1.17 bits per heavy atom. The molecule has 0 aliphatic heterocycles. The molecule has 1 aliphatic carbocycles. The molecule has 132 valence electrons. The predicted molar refractivity (Wildman–Crippen MR) is 102 cm³/mol. The lowest BCUT2D eigenvalue weighted by Gasteiger charge is -2.37.